The predicted octanol–water partition coefficient (Wildman–Crippen LogP) is 2.48. The number of hydrogen-bond donors (Lipinski definition) is 1. The first kappa shape index (κ1) is 16.2. The molecule has 3 heteroatoms. The van der Waals surface area contributed by atoms with Crippen LogP contribution < -0.4 is 0 Å². The van der Waals surface area contributed by atoms with Crippen LogP contribution in [-0.2, 0) is 5.60 Å². The maximum Gasteiger partial charge on any atom is 0.107 e. The van der Waals surface area contributed by atoms with Crippen molar-refractivity contribution in [3.8, 4) is 0 Å². The molecule has 1 aromatic carbocycles. The number of allylic oxidation sites excluding steroid dienone is 1. The number of likely N-dealkylation sites (N-methyl/N-ethyl adjacent to an activating group) is 1. The quantitative estimate of drug-likeness (QED) is 0.862. The molecule has 1 N–H and O–H groups in total. The molecule has 0 amide bonds. The third-order valence-electron chi connectivity index (χ3n) is 4.45. The Bertz CT molecular complexity index is 479. The smallest absolute Gasteiger partial charge is 0.107 e. The summed E-state index contributed by atoms with van der Waals surface area (Å²) in [5.74, 6) is 0. The topological polar surface area (TPSA) is 26.7 Å². The van der Waals surface area contributed by atoms with E-state index in [1.54, 1.807) is 0 Å². The zero-order chi connectivity index (χ0) is 15.5. The van der Waals surface area contributed by atoms with Gasteiger partial charge in [0.25, 0.3) is 0 Å². The summed E-state index contributed by atoms with van der Waals surface area (Å²) >= 11 is 0. The van der Waals surface area contributed by atoms with Gasteiger partial charge in [-0.1, -0.05) is 42.0 Å². The van der Waals surface area contributed by atoms with Crippen molar-refractivity contribution in [3.63, 3.8) is 0 Å². The molecule has 2 rings (SSSR count). The van der Waals surface area contributed by atoms with Crippen molar-refractivity contribution in [1.29, 1.82) is 0 Å². The van der Waals surface area contributed by atoms with Crippen LogP contribution in [0.3, 0.4) is 0 Å². The Morgan fingerprint density at radius 3 is 2.57 bits per heavy atom. The van der Waals surface area contributed by atoms with Crippen LogP contribution in [0, 0.1) is 0 Å². The van der Waals surface area contributed by atoms with E-state index in [0.717, 1.165) is 31.6 Å². The normalized spacial score (nSPS) is 26.9. The molecule has 1 saturated heterocycles. The fraction of sp³-hybridized carbons (Fsp3) is 0.556. The first-order valence-electron chi connectivity index (χ1n) is 7.73. The standard InChI is InChI=1S/C18H28N2O/c1-15(2)10-12-20-13-11-18(21,17(14-20)19(3)4)16-8-6-5-7-9-16/h5-10,17,21H,11-14H2,1-4H3/t17-,18+/m1/s1. The Balaban J connectivity index is 2.19. The molecular formula is C18H28N2O. The van der Waals surface area contributed by atoms with E-state index in [9.17, 15) is 5.11 Å². The highest BCUT2D eigenvalue weighted by Crippen LogP contribution is 2.35. The van der Waals surface area contributed by atoms with Crippen molar-refractivity contribution in [3.05, 3.63) is 47.5 Å². The van der Waals surface area contributed by atoms with Gasteiger partial charge in [0.1, 0.15) is 5.60 Å². The van der Waals surface area contributed by atoms with E-state index >= 15 is 0 Å². The maximum atomic E-state index is 11.3. The van der Waals surface area contributed by atoms with Crippen molar-refractivity contribution >= 4 is 0 Å². The molecule has 21 heavy (non-hydrogen) atoms. The van der Waals surface area contributed by atoms with E-state index < -0.39 is 5.60 Å². The Hall–Kier alpha value is -1.16. The molecule has 0 aromatic heterocycles. The highest BCUT2D eigenvalue weighted by Gasteiger charge is 2.43. The molecule has 0 spiro atoms. The van der Waals surface area contributed by atoms with Crippen LogP contribution in [0.1, 0.15) is 25.8 Å². The molecule has 3 nitrogen and oxygen atoms in total. The Morgan fingerprint density at radius 1 is 1.33 bits per heavy atom. The summed E-state index contributed by atoms with van der Waals surface area (Å²) in [6.45, 7) is 7.06. The minimum absolute atomic E-state index is 0.110. The minimum atomic E-state index is -0.758. The highest BCUT2D eigenvalue weighted by molar-refractivity contribution is 5.26. The Labute approximate surface area is 128 Å². The molecule has 0 unspecified atom stereocenters. The maximum absolute atomic E-state index is 11.3. The van der Waals surface area contributed by atoms with Crippen LogP contribution in [-0.4, -0.2) is 54.7 Å². The molecule has 1 fully saturated rings. The fourth-order valence-corrected chi connectivity index (χ4v) is 3.11. The second-order valence-electron chi connectivity index (χ2n) is 6.56. The van der Waals surface area contributed by atoms with Gasteiger partial charge in [-0.25, -0.2) is 0 Å². The Kier molecular flexibility index (Phi) is 5.20. The molecule has 0 bridgehead atoms. The number of hydrogen-bond acceptors (Lipinski definition) is 3. The van der Waals surface area contributed by atoms with E-state index in [2.05, 4.69) is 43.8 Å². The van der Waals surface area contributed by atoms with Gasteiger partial charge < -0.3 is 10.0 Å². The average Bonchev–Trinajstić information content (AvgIpc) is 2.47. The summed E-state index contributed by atoms with van der Waals surface area (Å²) in [6, 6.07) is 10.2. The van der Waals surface area contributed by atoms with E-state index in [4.69, 9.17) is 0 Å². The number of benzene rings is 1. The van der Waals surface area contributed by atoms with Gasteiger partial charge in [-0.05, 0) is 39.9 Å². The van der Waals surface area contributed by atoms with Crippen molar-refractivity contribution in [2.24, 2.45) is 0 Å². The molecule has 0 radical (unpaired) electrons. The molecule has 0 aliphatic carbocycles. The van der Waals surface area contributed by atoms with Gasteiger partial charge in [-0.3, -0.25) is 4.90 Å². The van der Waals surface area contributed by atoms with Crippen LogP contribution >= 0.6 is 0 Å². The number of likely N-dealkylation sites (tertiary alicyclic amines) is 1. The minimum Gasteiger partial charge on any atom is -0.383 e. The van der Waals surface area contributed by atoms with Gasteiger partial charge in [0.2, 0.25) is 0 Å². The second kappa shape index (κ2) is 6.73. The number of piperidine rings is 1. The molecule has 0 saturated carbocycles. The van der Waals surface area contributed by atoms with E-state index in [-0.39, 0.29) is 6.04 Å². The van der Waals surface area contributed by atoms with Crippen LogP contribution in [0.25, 0.3) is 0 Å². The summed E-state index contributed by atoms with van der Waals surface area (Å²) < 4.78 is 0. The number of aliphatic hydroxyl groups is 1. The molecule has 1 heterocycles. The van der Waals surface area contributed by atoms with Crippen LogP contribution in [0.5, 0.6) is 0 Å². The number of nitrogens with zero attached hydrogens (tertiary/aromatic N) is 2. The van der Waals surface area contributed by atoms with E-state index in [1.165, 1.54) is 5.57 Å². The highest BCUT2D eigenvalue weighted by atomic mass is 16.3. The van der Waals surface area contributed by atoms with E-state index in [0.29, 0.717) is 0 Å². The lowest BCUT2D eigenvalue weighted by molar-refractivity contribution is -0.0857. The number of rotatable bonds is 4. The van der Waals surface area contributed by atoms with Gasteiger partial charge in [0, 0.05) is 19.6 Å². The van der Waals surface area contributed by atoms with Crippen LogP contribution in [0.15, 0.2) is 42.0 Å². The second-order valence-corrected chi connectivity index (χ2v) is 6.56. The lowest BCUT2D eigenvalue weighted by Crippen LogP contribution is -2.59. The lowest BCUT2D eigenvalue weighted by Gasteiger charge is -2.47. The summed E-state index contributed by atoms with van der Waals surface area (Å²) in [5.41, 5.74) is 1.62. The van der Waals surface area contributed by atoms with Crippen molar-refractivity contribution < 1.29 is 5.11 Å². The van der Waals surface area contributed by atoms with Gasteiger partial charge in [0.15, 0.2) is 0 Å². The average molecular weight is 288 g/mol. The summed E-state index contributed by atoms with van der Waals surface area (Å²) in [5, 5.41) is 11.3. The zero-order valence-electron chi connectivity index (χ0n) is 13.7. The summed E-state index contributed by atoms with van der Waals surface area (Å²) in [4.78, 5) is 4.58. The van der Waals surface area contributed by atoms with Gasteiger partial charge in [-0.2, -0.15) is 0 Å². The first-order chi connectivity index (χ1) is 9.93. The predicted molar refractivity (Wildman–Crippen MR) is 88.3 cm³/mol. The first-order valence-corrected chi connectivity index (χ1v) is 7.73. The summed E-state index contributed by atoms with van der Waals surface area (Å²) in [6.07, 6.45) is 3.04. The fourth-order valence-electron chi connectivity index (χ4n) is 3.11. The third-order valence-corrected chi connectivity index (χ3v) is 4.45. The van der Waals surface area contributed by atoms with Crippen molar-refractivity contribution in [2.75, 3.05) is 33.7 Å². The molecular weight excluding hydrogens is 260 g/mol. The van der Waals surface area contributed by atoms with Gasteiger partial charge in [-0.15, -0.1) is 0 Å². The SMILES string of the molecule is CC(C)=CCN1CC[C@](O)(c2ccccc2)[C@H](N(C)C)C1. The molecule has 1 aliphatic heterocycles. The molecule has 116 valence electrons. The van der Waals surface area contributed by atoms with Crippen molar-refractivity contribution in [2.45, 2.75) is 31.9 Å². The largest absolute Gasteiger partial charge is 0.383 e. The van der Waals surface area contributed by atoms with Gasteiger partial charge >= 0.3 is 0 Å². The molecule has 2 atom stereocenters. The molecule has 1 aliphatic rings. The Morgan fingerprint density at radius 2 is 2.00 bits per heavy atom. The van der Waals surface area contributed by atoms with Crippen LogP contribution in [0.4, 0.5) is 0 Å². The monoisotopic (exact) mass is 288 g/mol. The van der Waals surface area contributed by atoms with E-state index in [1.807, 2.05) is 30.3 Å². The van der Waals surface area contributed by atoms with Gasteiger partial charge in [0.05, 0.1) is 6.04 Å². The van der Waals surface area contributed by atoms with Crippen LogP contribution in [0.2, 0.25) is 0 Å². The third kappa shape index (κ3) is 3.73. The zero-order valence-corrected chi connectivity index (χ0v) is 13.7. The molecule has 1 aromatic rings. The summed E-state index contributed by atoms with van der Waals surface area (Å²) in [7, 11) is 4.12. The van der Waals surface area contributed by atoms with Crippen molar-refractivity contribution in [1.82, 2.24) is 9.80 Å². The lowest BCUT2D eigenvalue weighted by atomic mass is 9.80.